The third kappa shape index (κ3) is 4.89. The van der Waals surface area contributed by atoms with Crippen molar-refractivity contribution >= 4 is 28.3 Å². The maximum Gasteiger partial charge on any atom is 0.228 e. The van der Waals surface area contributed by atoms with Gasteiger partial charge in [0.2, 0.25) is 5.91 Å². The predicted octanol–water partition coefficient (Wildman–Crippen LogP) is 3.57. The van der Waals surface area contributed by atoms with E-state index >= 15 is 0 Å². The highest BCUT2D eigenvalue weighted by atomic mass is 16.3. The van der Waals surface area contributed by atoms with Gasteiger partial charge in [0, 0.05) is 86.0 Å². The average molecular weight is 514 g/mol. The van der Waals surface area contributed by atoms with Crippen molar-refractivity contribution in [2.75, 3.05) is 38.0 Å². The van der Waals surface area contributed by atoms with Gasteiger partial charge in [0.05, 0.1) is 17.3 Å². The Morgan fingerprint density at radius 1 is 1.16 bits per heavy atom. The van der Waals surface area contributed by atoms with Crippen LogP contribution in [-0.2, 0) is 4.79 Å². The van der Waals surface area contributed by atoms with Gasteiger partial charge in [-0.05, 0) is 43.4 Å². The van der Waals surface area contributed by atoms with E-state index in [0.717, 1.165) is 78.8 Å². The summed E-state index contributed by atoms with van der Waals surface area (Å²) in [4.78, 5) is 29.2. The van der Waals surface area contributed by atoms with E-state index < -0.39 is 6.10 Å². The summed E-state index contributed by atoms with van der Waals surface area (Å²) in [5.74, 6) is 1.11. The molecule has 198 valence electrons. The molecule has 0 radical (unpaired) electrons. The Labute approximate surface area is 222 Å². The highest BCUT2D eigenvalue weighted by Gasteiger charge is 2.43. The summed E-state index contributed by atoms with van der Waals surface area (Å²) >= 11 is 0. The second-order valence-electron chi connectivity index (χ2n) is 10.7. The molecule has 1 saturated carbocycles. The Balaban J connectivity index is 1.23. The van der Waals surface area contributed by atoms with Crippen molar-refractivity contribution in [1.29, 1.82) is 0 Å². The fraction of sp³-hybridized carbons (Fsp3) is 0.448. The molecule has 1 aliphatic carbocycles. The molecule has 2 aliphatic rings. The summed E-state index contributed by atoms with van der Waals surface area (Å²) in [5, 5.41) is 17.8. The molecule has 4 aromatic rings. The summed E-state index contributed by atoms with van der Waals surface area (Å²) in [7, 11) is 0. The number of carbonyl (C=O) groups excluding carboxylic acids is 1. The van der Waals surface area contributed by atoms with E-state index in [0.29, 0.717) is 23.9 Å². The van der Waals surface area contributed by atoms with E-state index in [-0.39, 0.29) is 11.8 Å². The van der Waals surface area contributed by atoms with Gasteiger partial charge in [0.25, 0.3) is 0 Å². The van der Waals surface area contributed by atoms with Gasteiger partial charge in [-0.1, -0.05) is 13.3 Å². The summed E-state index contributed by atoms with van der Waals surface area (Å²) in [6.45, 7) is 9.25. The number of aliphatic hydroxyl groups is 1. The Morgan fingerprint density at radius 3 is 2.79 bits per heavy atom. The van der Waals surface area contributed by atoms with Crippen LogP contribution in [0.3, 0.4) is 0 Å². The van der Waals surface area contributed by atoms with Crippen LogP contribution in [-0.4, -0.2) is 68.0 Å². The van der Waals surface area contributed by atoms with E-state index in [1.807, 2.05) is 35.9 Å². The summed E-state index contributed by atoms with van der Waals surface area (Å²) in [6.07, 6.45) is 9.32. The molecule has 1 aliphatic heterocycles. The third-order valence-corrected chi connectivity index (χ3v) is 7.89. The van der Waals surface area contributed by atoms with Crippen molar-refractivity contribution < 1.29 is 9.90 Å². The zero-order valence-corrected chi connectivity index (χ0v) is 22.0. The van der Waals surface area contributed by atoms with Crippen LogP contribution < -0.4 is 10.6 Å². The number of hydrogen-bond donors (Lipinski definition) is 3. The number of imidazole rings is 1. The van der Waals surface area contributed by atoms with Gasteiger partial charge in [-0.25, -0.2) is 9.97 Å². The van der Waals surface area contributed by atoms with E-state index in [2.05, 4.69) is 43.5 Å². The first-order chi connectivity index (χ1) is 18.5. The number of aromatic nitrogens is 4. The first kappa shape index (κ1) is 24.9. The Morgan fingerprint density at radius 2 is 2.00 bits per heavy atom. The number of carbonyl (C=O) groups is 1. The van der Waals surface area contributed by atoms with Crippen molar-refractivity contribution in [2.24, 2.45) is 11.8 Å². The minimum Gasteiger partial charge on any atom is -0.387 e. The molecule has 3 atom stereocenters. The number of rotatable bonds is 8. The molecular formula is C29H35N7O2. The lowest BCUT2D eigenvalue weighted by Gasteiger charge is -2.27. The van der Waals surface area contributed by atoms with E-state index in [4.69, 9.17) is 0 Å². The Kier molecular flexibility index (Phi) is 6.82. The zero-order valence-electron chi connectivity index (χ0n) is 22.0. The quantitative estimate of drug-likeness (QED) is 0.331. The summed E-state index contributed by atoms with van der Waals surface area (Å²) < 4.78 is 2.03. The van der Waals surface area contributed by atoms with Crippen LogP contribution in [0.4, 0.5) is 5.82 Å². The molecule has 9 nitrogen and oxygen atoms in total. The van der Waals surface area contributed by atoms with E-state index in [9.17, 15) is 9.90 Å². The van der Waals surface area contributed by atoms with Gasteiger partial charge in [0.15, 0.2) is 0 Å². The molecule has 2 fully saturated rings. The fourth-order valence-corrected chi connectivity index (χ4v) is 5.64. The van der Waals surface area contributed by atoms with Gasteiger partial charge >= 0.3 is 0 Å². The number of fused-ring (bicyclic) bond motifs is 3. The molecule has 38 heavy (non-hydrogen) atoms. The molecule has 6 rings (SSSR count). The molecule has 1 amide bonds. The number of nitrogens with zero attached hydrogens (tertiary/aromatic N) is 5. The number of aliphatic hydroxyl groups excluding tert-OH is 1. The van der Waals surface area contributed by atoms with Crippen molar-refractivity contribution in [3.05, 3.63) is 54.2 Å². The first-order valence-electron chi connectivity index (χ1n) is 13.7. The van der Waals surface area contributed by atoms with Gasteiger partial charge in [-0.15, -0.1) is 0 Å². The van der Waals surface area contributed by atoms with Crippen molar-refractivity contribution in [2.45, 2.75) is 39.2 Å². The maximum absolute atomic E-state index is 12.9. The second kappa shape index (κ2) is 10.4. The molecule has 4 aromatic heterocycles. The second-order valence-corrected chi connectivity index (χ2v) is 10.7. The van der Waals surface area contributed by atoms with Gasteiger partial charge in [-0.2, -0.15) is 0 Å². The number of aryl methyl sites for hydroxylation is 1. The number of nitrogens with one attached hydrogen (secondary N) is 2. The Hall–Kier alpha value is -3.40. The van der Waals surface area contributed by atoms with Crippen molar-refractivity contribution in [1.82, 2.24) is 29.6 Å². The highest BCUT2D eigenvalue weighted by molar-refractivity contribution is 5.97. The van der Waals surface area contributed by atoms with E-state index in [1.165, 1.54) is 0 Å². The van der Waals surface area contributed by atoms with Crippen LogP contribution in [0.1, 0.15) is 43.5 Å². The SMILES string of the molecule is CCC[C@H](O)c1cc(C)c(-c2cc3cnc(NC(=O)[C@H]4C[C@@H]4CN4CCNCC4)cc3n3ccnc23)cn1. The number of pyridine rings is 3. The van der Waals surface area contributed by atoms with Crippen molar-refractivity contribution in [3.8, 4) is 11.1 Å². The molecule has 0 bridgehead atoms. The lowest BCUT2D eigenvalue weighted by molar-refractivity contribution is -0.117. The third-order valence-electron chi connectivity index (χ3n) is 7.89. The molecule has 0 aromatic carbocycles. The predicted molar refractivity (Wildman–Crippen MR) is 148 cm³/mol. The first-order valence-corrected chi connectivity index (χ1v) is 13.7. The summed E-state index contributed by atoms with van der Waals surface area (Å²) in [5.41, 5.74) is 5.40. The standard InChI is InChI=1S/C29H35N7O2/c1-3-4-26(37)24-11-18(2)23(16-32-24)22-12-19-15-33-27(14-25(19)36-10-7-31-28(22)36)34-29(38)21-13-20(21)17-35-8-5-30-6-9-35/h7,10-12,14-16,20-21,26,30,37H,3-6,8-9,13,17H2,1-2H3,(H,33,34,38)/t20-,21+,26+/m1/s1. The smallest absolute Gasteiger partial charge is 0.228 e. The van der Waals surface area contributed by atoms with Crippen LogP contribution in [0, 0.1) is 18.8 Å². The van der Waals surface area contributed by atoms with E-state index in [1.54, 1.807) is 12.4 Å². The molecule has 9 heteroatoms. The van der Waals surface area contributed by atoms with Gasteiger partial charge in [-0.3, -0.25) is 14.2 Å². The lowest BCUT2D eigenvalue weighted by atomic mass is 10.00. The number of piperazine rings is 1. The largest absolute Gasteiger partial charge is 0.387 e. The summed E-state index contributed by atoms with van der Waals surface area (Å²) in [6, 6.07) is 5.96. The molecule has 0 unspecified atom stereocenters. The minimum absolute atomic E-state index is 0.0579. The lowest BCUT2D eigenvalue weighted by Crippen LogP contribution is -2.44. The minimum atomic E-state index is -0.554. The van der Waals surface area contributed by atoms with Gasteiger partial charge in [0.1, 0.15) is 11.5 Å². The number of anilines is 1. The monoisotopic (exact) mass is 513 g/mol. The van der Waals surface area contributed by atoms with Crippen LogP contribution in [0.2, 0.25) is 0 Å². The van der Waals surface area contributed by atoms with Crippen LogP contribution in [0.15, 0.2) is 43.0 Å². The average Bonchev–Trinajstić information content (AvgIpc) is 3.51. The van der Waals surface area contributed by atoms with Crippen LogP contribution in [0.25, 0.3) is 27.7 Å². The maximum atomic E-state index is 12.9. The molecule has 5 heterocycles. The van der Waals surface area contributed by atoms with Crippen LogP contribution >= 0.6 is 0 Å². The zero-order chi connectivity index (χ0) is 26.2. The molecule has 3 N–H and O–H groups in total. The normalized spacial score (nSPS) is 20.6. The molecule has 0 spiro atoms. The highest BCUT2D eigenvalue weighted by Crippen LogP contribution is 2.40. The Bertz CT molecular complexity index is 1480. The number of amides is 1. The fourth-order valence-electron chi connectivity index (χ4n) is 5.64. The molecular weight excluding hydrogens is 478 g/mol. The molecule has 1 saturated heterocycles. The van der Waals surface area contributed by atoms with Gasteiger partial charge < -0.3 is 20.6 Å². The topological polar surface area (TPSA) is 108 Å². The number of hydrogen-bond acceptors (Lipinski definition) is 7. The van der Waals surface area contributed by atoms with Crippen LogP contribution in [0.5, 0.6) is 0 Å². The van der Waals surface area contributed by atoms with Crippen molar-refractivity contribution in [3.63, 3.8) is 0 Å².